The Bertz CT molecular complexity index is 689. The first-order chi connectivity index (χ1) is 14.7. The second kappa shape index (κ2) is 8.71. The third-order valence-electron chi connectivity index (χ3n) is 10.7. The highest BCUT2D eigenvalue weighted by atomic mass is 16.5. The number of rotatable bonds is 5. The predicted octanol–water partition coefficient (Wildman–Crippen LogP) is 6.17. The van der Waals surface area contributed by atoms with Crippen LogP contribution in [0, 0.1) is 46.3 Å². The number of fused-ring (bicyclic) bond motifs is 5. The average Bonchev–Trinajstić information content (AvgIpc) is 3.09. The van der Waals surface area contributed by atoms with E-state index in [0.717, 1.165) is 42.9 Å². The Morgan fingerprint density at radius 2 is 1.68 bits per heavy atom. The van der Waals surface area contributed by atoms with Crippen LogP contribution >= 0.6 is 0 Å². The van der Waals surface area contributed by atoms with Crippen molar-refractivity contribution < 1.29 is 19.1 Å². The van der Waals surface area contributed by atoms with Gasteiger partial charge in [-0.2, -0.15) is 0 Å². The zero-order valence-electron chi connectivity index (χ0n) is 20.5. The topological polar surface area (TPSA) is 52.6 Å². The molecule has 0 aromatic rings. The van der Waals surface area contributed by atoms with Crippen LogP contribution in [0.25, 0.3) is 0 Å². The summed E-state index contributed by atoms with van der Waals surface area (Å²) in [5.74, 6) is 4.42. The van der Waals surface area contributed by atoms with E-state index in [2.05, 4.69) is 20.8 Å². The minimum absolute atomic E-state index is 0.0640. The Kier molecular flexibility index (Phi) is 6.49. The van der Waals surface area contributed by atoms with Crippen LogP contribution in [-0.4, -0.2) is 25.2 Å². The van der Waals surface area contributed by atoms with Gasteiger partial charge in [0, 0.05) is 13.3 Å². The van der Waals surface area contributed by atoms with Gasteiger partial charge in [0.1, 0.15) is 6.10 Å². The summed E-state index contributed by atoms with van der Waals surface area (Å²) < 4.78 is 10.5. The second-order valence-electron chi connectivity index (χ2n) is 12.0. The minimum atomic E-state index is -0.117. The van der Waals surface area contributed by atoms with Crippen molar-refractivity contribution in [1.82, 2.24) is 0 Å². The van der Waals surface area contributed by atoms with E-state index in [1.54, 1.807) is 6.92 Å². The number of esters is 2. The van der Waals surface area contributed by atoms with Gasteiger partial charge in [-0.25, -0.2) is 0 Å². The monoisotopic (exact) mass is 432 g/mol. The van der Waals surface area contributed by atoms with Gasteiger partial charge < -0.3 is 9.47 Å². The summed E-state index contributed by atoms with van der Waals surface area (Å²) in [5, 5.41) is 0. The summed E-state index contributed by atoms with van der Waals surface area (Å²) in [6.07, 6.45) is 13.1. The van der Waals surface area contributed by atoms with Crippen LogP contribution in [0.3, 0.4) is 0 Å². The molecule has 0 saturated heterocycles. The van der Waals surface area contributed by atoms with Gasteiger partial charge in [-0.1, -0.05) is 20.8 Å². The molecule has 0 unspecified atom stereocenters. The third kappa shape index (κ3) is 4.06. The Morgan fingerprint density at radius 1 is 0.968 bits per heavy atom. The van der Waals surface area contributed by atoms with E-state index in [9.17, 15) is 9.59 Å². The lowest BCUT2D eigenvalue weighted by molar-refractivity contribution is -0.160. The summed E-state index contributed by atoms with van der Waals surface area (Å²) in [5.41, 5.74) is 0.865. The van der Waals surface area contributed by atoms with Gasteiger partial charge in [0.05, 0.1) is 7.11 Å². The number of hydrogen-bond donors (Lipinski definition) is 0. The lowest BCUT2D eigenvalue weighted by Gasteiger charge is -2.61. The molecule has 0 radical (unpaired) electrons. The van der Waals surface area contributed by atoms with E-state index in [-0.39, 0.29) is 18.0 Å². The highest BCUT2D eigenvalue weighted by Crippen LogP contribution is 2.68. The van der Waals surface area contributed by atoms with Crippen molar-refractivity contribution in [2.24, 2.45) is 46.3 Å². The lowest BCUT2D eigenvalue weighted by Crippen LogP contribution is -2.54. The van der Waals surface area contributed by atoms with Crippen LogP contribution < -0.4 is 0 Å². The molecule has 0 amide bonds. The van der Waals surface area contributed by atoms with E-state index in [0.29, 0.717) is 29.1 Å². The first kappa shape index (κ1) is 23.1. The largest absolute Gasteiger partial charge is 0.469 e. The molecule has 0 heterocycles. The Labute approximate surface area is 189 Å². The van der Waals surface area contributed by atoms with Crippen LogP contribution in [0.15, 0.2) is 0 Å². The average molecular weight is 433 g/mol. The Hall–Kier alpha value is -1.06. The molecule has 4 nitrogen and oxygen atoms in total. The van der Waals surface area contributed by atoms with Crippen molar-refractivity contribution in [3.05, 3.63) is 0 Å². The smallest absolute Gasteiger partial charge is 0.305 e. The van der Waals surface area contributed by atoms with Gasteiger partial charge in [0.2, 0.25) is 0 Å². The van der Waals surface area contributed by atoms with Gasteiger partial charge in [-0.15, -0.1) is 0 Å². The van der Waals surface area contributed by atoms with Crippen molar-refractivity contribution in [2.75, 3.05) is 7.11 Å². The molecule has 4 saturated carbocycles. The van der Waals surface area contributed by atoms with Crippen LogP contribution in [0.2, 0.25) is 0 Å². The van der Waals surface area contributed by atoms with Crippen LogP contribution in [0.4, 0.5) is 0 Å². The molecule has 4 fully saturated rings. The van der Waals surface area contributed by atoms with E-state index >= 15 is 0 Å². The van der Waals surface area contributed by atoms with Crippen LogP contribution in [0.1, 0.15) is 98.3 Å². The SMILES string of the molecule is COC(=O)CC[C@H](C)[C@@H]1CC[C@@H]2[C@@H]3CC[C@@H]4C[C@H](OC(C)=O)CC[C@]4(C)[C@@H]3CC[C@]21C. The van der Waals surface area contributed by atoms with Crippen LogP contribution in [-0.2, 0) is 19.1 Å². The molecule has 4 aliphatic rings. The summed E-state index contributed by atoms with van der Waals surface area (Å²) in [7, 11) is 1.50. The first-order valence-corrected chi connectivity index (χ1v) is 12.9. The standard InChI is InChI=1S/C27H44O4/c1-17(6-11-25(29)30-5)22-9-10-23-21-8-7-19-16-20(31-18(2)28)12-14-26(19,3)24(21)13-15-27(22,23)4/h17,19-24H,6-16H2,1-5H3/t17-,19+,20+,21-,22-,23+,24+,26-,27-/m0/s1. The van der Waals surface area contributed by atoms with Crippen molar-refractivity contribution >= 4 is 11.9 Å². The molecule has 4 heteroatoms. The molecule has 0 N–H and O–H groups in total. The molecule has 4 aliphatic carbocycles. The molecule has 0 spiro atoms. The highest BCUT2D eigenvalue weighted by Gasteiger charge is 2.60. The number of hydrogen-bond acceptors (Lipinski definition) is 4. The van der Waals surface area contributed by atoms with Gasteiger partial charge in [-0.05, 0) is 111 Å². The third-order valence-corrected chi connectivity index (χ3v) is 10.7. The minimum Gasteiger partial charge on any atom is -0.469 e. The fourth-order valence-electron chi connectivity index (χ4n) is 9.18. The molecule has 4 rings (SSSR count). The maximum absolute atomic E-state index is 11.7. The summed E-state index contributed by atoms with van der Waals surface area (Å²) >= 11 is 0. The molecular formula is C27H44O4. The van der Waals surface area contributed by atoms with Gasteiger partial charge >= 0.3 is 11.9 Å². The Balaban J connectivity index is 1.45. The number of carbonyl (C=O) groups excluding carboxylic acids is 2. The van der Waals surface area contributed by atoms with E-state index < -0.39 is 0 Å². The molecular weight excluding hydrogens is 388 g/mol. The zero-order valence-corrected chi connectivity index (χ0v) is 20.5. The lowest BCUT2D eigenvalue weighted by atomic mass is 9.44. The van der Waals surface area contributed by atoms with E-state index in [1.807, 2.05) is 0 Å². The van der Waals surface area contributed by atoms with E-state index in [1.165, 1.54) is 52.1 Å². The second-order valence-corrected chi connectivity index (χ2v) is 12.0. The fourth-order valence-corrected chi connectivity index (χ4v) is 9.18. The van der Waals surface area contributed by atoms with Gasteiger partial charge in [-0.3, -0.25) is 9.59 Å². The quantitative estimate of drug-likeness (QED) is 0.488. The zero-order chi connectivity index (χ0) is 22.4. The normalized spacial score (nSPS) is 45.1. The molecule has 176 valence electrons. The Morgan fingerprint density at radius 3 is 2.39 bits per heavy atom. The molecule has 0 aromatic heterocycles. The highest BCUT2D eigenvalue weighted by molar-refractivity contribution is 5.69. The molecule has 0 bridgehead atoms. The van der Waals surface area contributed by atoms with Crippen molar-refractivity contribution in [3.8, 4) is 0 Å². The predicted molar refractivity (Wildman–Crippen MR) is 121 cm³/mol. The summed E-state index contributed by atoms with van der Waals surface area (Å²) in [6, 6.07) is 0. The molecule has 0 aliphatic heterocycles. The number of methoxy groups -OCH3 is 1. The van der Waals surface area contributed by atoms with Gasteiger partial charge in [0.15, 0.2) is 0 Å². The maximum Gasteiger partial charge on any atom is 0.305 e. The van der Waals surface area contributed by atoms with Crippen molar-refractivity contribution in [1.29, 1.82) is 0 Å². The van der Waals surface area contributed by atoms with Crippen LogP contribution in [0.5, 0.6) is 0 Å². The fraction of sp³-hybridized carbons (Fsp3) is 0.926. The number of ether oxygens (including phenoxy) is 2. The molecule has 0 aromatic carbocycles. The summed E-state index contributed by atoms with van der Waals surface area (Å²) in [6.45, 7) is 9.09. The maximum atomic E-state index is 11.7. The van der Waals surface area contributed by atoms with Gasteiger partial charge in [0.25, 0.3) is 0 Å². The van der Waals surface area contributed by atoms with E-state index in [4.69, 9.17) is 9.47 Å². The van der Waals surface area contributed by atoms with Crippen molar-refractivity contribution in [3.63, 3.8) is 0 Å². The summed E-state index contributed by atoms with van der Waals surface area (Å²) in [4.78, 5) is 23.2. The van der Waals surface area contributed by atoms with Crippen molar-refractivity contribution in [2.45, 2.75) is 104 Å². The first-order valence-electron chi connectivity index (χ1n) is 12.9. The number of carbonyl (C=O) groups is 2. The molecule has 9 atom stereocenters. The molecule has 31 heavy (non-hydrogen) atoms.